The van der Waals surface area contributed by atoms with Crippen LogP contribution in [0.2, 0.25) is 0 Å². The Bertz CT molecular complexity index is 360. The first kappa shape index (κ1) is 15.4. The summed E-state index contributed by atoms with van der Waals surface area (Å²) >= 11 is 0. The molecule has 0 N–H and O–H groups in total. The lowest BCUT2D eigenvalue weighted by Crippen LogP contribution is -2.21. The highest BCUT2D eigenvalue weighted by Gasteiger charge is 2.38. The molecule has 2 atom stereocenters. The minimum Gasteiger partial charge on any atom is -0.466 e. The molecule has 0 amide bonds. The maximum Gasteiger partial charge on any atom is 0.330 e. The van der Waals surface area contributed by atoms with Gasteiger partial charge in [0.15, 0.2) is 5.79 Å². The molecule has 6 nitrogen and oxygen atoms in total. The quantitative estimate of drug-likeness (QED) is 0.560. The summed E-state index contributed by atoms with van der Waals surface area (Å²) in [6.07, 6.45) is 4.63. The van der Waals surface area contributed by atoms with Crippen molar-refractivity contribution in [3.05, 3.63) is 24.3 Å². The van der Waals surface area contributed by atoms with Gasteiger partial charge in [0.2, 0.25) is 0 Å². The van der Waals surface area contributed by atoms with E-state index in [1.807, 2.05) is 0 Å². The molecule has 0 bridgehead atoms. The molecule has 0 radical (unpaired) electrons. The second-order valence-corrected chi connectivity index (χ2v) is 4.33. The third-order valence-corrected chi connectivity index (χ3v) is 2.41. The standard InChI is InChI=1S/C13H18O6/c1-13(2)18-9(5-7-11(14)16-3)10(19-13)6-8-12(15)17-4/h5-10H,1-4H3/b7-5-,8-6-/t9-,10-/m0/s1. The summed E-state index contributed by atoms with van der Waals surface area (Å²) in [7, 11) is 2.58. The van der Waals surface area contributed by atoms with Crippen molar-refractivity contribution in [2.75, 3.05) is 14.2 Å². The Kier molecular flexibility index (Phi) is 5.26. The van der Waals surface area contributed by atoms with Crippen LogP contribution in [0.15, 0.2) is 24.3 Å². The van der Waals surface area contributed by atoms with Crippen LogP contribution < -0.4 is 0 Å². The van der Waals surface area contributed by atoms with Gasteiger partial charge < -0.3 is 18.9 Å². The lowest BCUT2D eigenvalue weighted by Gasteiger charge is -2.15. The number of hydrogen-bond donors (Lipinski definition) is 0. The number of rotatable bonds is 4. The number of ether oxygens (including phenoxy) is 4. The Labute approximate surface area is 112 Å². The Morgan fingerprint density at radius 3 is 1.63 bits per heavy atom. The van der Waals surface area contributed by atoms with E-state index >= 15 is 0 Å². The first-order chi connectivity index (χ1) is 8.88. The average Bonchev–Trinajstić information content (AvgIpc) is 2.67. The van der Waals surface area contributed by atoms with E-state index in [0.29, 0.717) is 0 Å². The van der Waals surface area contributed by atoms with E-state index in [2.05, 4.69) is 9.47 Å². The van der Waals surface area contributed by atoms with E-state index in [9.17, 15) is 9.59 Å². The highest BCUT2D eigenvalue weighted by Crippen LogP contribution is 2.29. The fourth-order valence-electron chi connectivity index (χ4n) is 1.60. The molecule has 0 saturated carbocycles. The van der Waals surface area contributed by atoms with Crippen molar-refractivity contribution >= 4 is 11.9 Å². The van der Waals surface area contributed by atoms with Gasteiger partial charge in [0, 0.05) is 12.2 Å². The molecule has 1 saturated heterocycles. The van der Waals surface area contributed by atoms with E-state index in [0.717, 1.165) is 0 Å². The average molecular weight is 270 g/mol. The van der Waals surface area contributed by atoms with Crippen molar-refractivity contribution in [1.82, 2.24) is 0 Å². The molecule has 1 fully saturated rings. The maximum absolute atomic E-state index is 11.1. The topological polar surface area (TPSA) is 71.1 Å². The molecule has 19 heavy (non-hydrogen) atoms. The van der Waals surface area contributed by atoms with Crippen LogP contribution in [0.4, 0.5) is 0 Å². The highest BCUT2D eigenvalue weighted by molar-refractivity contribution is 5.82. The van der Waals surface area contributed by atoms with Gasteiger partial charge in [-0.3, -0.25) is 0 Å². The number of carbonyl (C=O) groups excluding carboxylic acids is 2. The van der Waals surface area contributed by atoms with Gasteiger partial charge in [-0.15, -0.1) is 0 Å². The van der Waals surface area contributed by atoms with Gasteiger partial charge in [-0.25, -0.2) is 9.59 Å². The monoisotopic (exact) mass is 270 g/mol. The predicted octanol–water partition coefficient (Wildman–Crippen LogP) is 0.965. The first-order valence-corrected chi connectivity index (χ1v) is 5.76. The summed E-state index contributed by atoms with van der Waals surface area (Å²) in [6.45, 7) is 3.50. The molecule has 6 heteroatoms. The zero-order valence-corrected chi connectivity index (χ0v) is 11.4. The number of esters is 2. The van der Waals surface area contributed by atoms with Gasteiger partial charge >= 0.3 is 11.9 Å². The van der Waals surface area contributed by atoms with E-state index < -0.39 is 29.9 Å². The van der Waals surface area contributed by atoms with Crippen LogP contribution in [0, 0.1) is 0 Å². The Balaban J connectivity index is 2.75. The van der Waals surface area contributed by atoms with Crippen LogP contribution in [-0.4, -0.2) is 44.2 Å². The Morgan fingerprint density at radius 1 is 0.947 bits per heavy atom. The van der Waals surface area contributed by atoms with Gasteiger partial charge in [0.1, 0.15) is 12.2 Å². The fourth-order valence-corrected chi connectivity index (χ4v) is 1.60. The lowest BCUT2D eigenvalue weighted by molar-refractivity contribution is -0.140. The summed E-state index contributed by atoms with van der Waals surface area (Å²) in [5, 5.41) is 0. The fraction of sp³-hybridized carbons (Fsp3) is 0.538. The smallest absolute Gasteiger partial charge is 0.330 e. The SMILES string of the molecule is COC(=O)/C=C\[C@@H]1OC(C)(C)O[C@H]1/C=C\C(=O)OC. The molecule has 0 spiro atoms. The van der Waals surface area contributed by atoms with Crippen LogP contribution in [-0.2, 0) is 28.5 Å². The molecule has 1 aliphatic rings. The molecule has 106 valence electrons. The minimum absolute atomic E-state index is 0.477. The molecule has 0 unspecified atom stereocenters. The normalized spacial score (nSPS) is 25.9. The van der Waals surface area contributed by atoms with Crippen molar-refractivity contribution in [2.24, 2.45) is 0 Å². The van der Waals surface area contributed by atoms with Crippen molar-refractivity contribution in [2.45, 2.75) is 31.8 Å². The maximum atomic E-state index is 11.1. The molecule has 1 aliphatic heterocycles. The molecular formula is C13H18O6. The highest BCUT2D eigenvalue weighted by atomic mass is 16.7. The molecule has 0 aromatic heterocycles. The van der Waals surface area contributed by atoms with Gasteiger partial charge in [-0.2, -0.15) is 0 Å². The molecule has 0 aromatic carbocycles. The van der Waals surface area contributed by atoms with Gasteiger partial charge in [-0.05, 0) is 26.0 Å². The van der Waals surface area contributed by atoms with Crippen molar-refractivity contribution in [3.8, 4) is 0 Å². The van der Waals surface area contributed by atoms with Gasteiger partial charge in [0.05, 0.1) is 14.2 Å². The second-order valence-electron chi connectivity index (χ2n) is 4.33. The van der Waals surface area contributed by atoms with E-state index in [1.54, 1.807) is 13.8 Å². The van der Waals surface area contributed by atoms with Crippen LogP contribution in [0.25, 0.3) is 0 Å². The first-order valence-electron chi connectivity index (χ1n) is 5.76. The summed E-state index contributed by atoms with van der Waals surface area (Å²) in [4.78, 5) is 22.1. The summed E-state index contributed by atoms with van der Waals surface area (Å²) < 4.78 is 20.2. The van der Waals surface area contributed by atoms with E-state index in [1.165, 1.54) is 38.5 Å². The summed E-state index contributed by atoms with van der Waals surface area (Å²) in [6, 6.07) is 0. The number of hydrogen-bond acceptors (Lipinski definition) is 6. The van der Waals surface area contributed by atoms with E-state index in [4.69, 9.17) is 9.47 Å². The third kappa shape index (κ3) is 4.84. The lowest BCUT2D eigenvalue weighted by atomic mass is 10.2. The molecular weight excluding hydrogens is 252 g/mol. The summed E-state index contributed by atoms with van der Waals surface area (Å²) in [5.74, 6) is -1.76. The van der Waals surface area contributed by atoms with Crippen molar-refractivity contribution in [3.63, 3.8) is 0 Å². The van der Waals surface area contributed by atoms with Gasteiger partial charge in [0.25, 0.3) is 0 Å². The van der Waals surface area contributed by atoms with E-state index in [-0.39, 0.29) is 0 Å². The van der Waals surface area contributed by atoms with Crippen LogP contribution in [0.5, 0.6) is 0 Å². The van der Waals surface area contributed by atoms with Crippen LogP contribution >= 0.6 is 0 Å². The third-order valence-electron chi connectivity index (χ3n) is 2.41. The molecule has 1 rings (SSSR count). The van der Waals surface area contributed by atoms with Gasteiger partial charge in [-0.1, -0.05) is 0 Å². The number of methoxy groups -OCH3 is 2. The van der Waals surface area contributed by atoms with Crippen LogP contribution in [0.3, 0.4) is 0 Å². The second kappa shape index (κ2) is 6.49. The molecule has 0 aromatic rings. The largest absolute Gasteiger partial charge is 0.466 e. The van der Waals surface area contributed by atoms with Crippen LogP contribution in [0.1, 0.15) is 13.8 Å². The molecule has 0 aliphatic carbocycles. The predicted molar refractivity (Wildman–Crippen MR) is 66.1 cm³/mol. The van der Waals surface area contributed by atoms with Crippen molar-refractivity contribution < 1.29 is 28.5 Å². The zero-order valence-electron chi connectivity index (χ0n) is 11.4. The molecule has 1 heterocycles. The van der Waals surface area contributed by atoms with Crippen molar-refractivity contribution in [1.29, 1.82) is 0 Å². The summed E-state index contributed by atoms with van der Waals surface area (Å²) in [5.41, 5.74) is 0. The Hall–Kier alpha value is -1.66. The number of carbonyl (C=O) groups is 2. The minimum atomic E-state index is -0.795. The Morgan fingerprint density at radius 2 is 1.32 bits per heavy atom. The zero-order chi connectivity index (χ0) is 14.5.